The summed E-state index contributed by atoms with van der Waals surface area (Å²) < 4.78 is 18.2. The topological polar surface area (TPSA) is 108 Å². The zero-order chi connectivity index (χ0) is 25.8. The average molecular weight is 495 g/mol. The van der Waals surface area contributed by atoms with Crippen molar-refractivity contribution in [3.63, 3.8) is 0 Å². The van der Waals surface area contributed by atoms with E-state index in [1.807, 2.05) is 12.1 Å². The quantitative estimate of drug-likeness (QED) is 0.291. The monoisotopic (exact) mass is 495 g/mol. The highest BCUT2D eigenvalue weighted by Crippen LogP contribution is 2.45. The molecule has 8 nitrogen and oxygen atoms in total. The molecular weight excluding hydrogens is 474 g/mol. The van der Waals surface area contributed by atoms with E-state index in [9.17, 15) is 19.5 Å². The molecule has 0 spiro atoms. The lowest BCUT2D eigenvalue weighted by Gasteiger charge is -2.26. The normalized spacial score (nSPS) is 15.0. The highest BCUT2D eigenvalue weighted by Gasteiger charge is 2.35. The number of carbonyl (C=O) groups is 1. The molecule has 0 amide bonds. The molecule has 0 saturated carbocycles. The van der Waals surface area contributed by atoms with Gasteiger partial charge < -0.3 is 23.6 Å². The molecule has 1 atom stereocenters. The summed E-state index contributed by atoms with van der Waals surface area (Å²) >= 11 is 0. The molecule has 8 heteroatoms. The first-order valence-electron chi connectivity index (χ1n) is 11.6. The van der Waals surface area contributed by atoms with Crippen LogP contribution in [0.1, 0.15) is 23.5 Å². The molecule has 0 bridgehead atoms. The molecule has 1 aliphatic heterocycles. The number of phenolic OH excluding ortho intramolecular Hbond substituents is 1. The third kappa shape index (κ3) is 3.48. The van der Waals surface area contributed by atoms with E-state index in [0.29, 0.717) is 28.0 Å². The van der Waals surface area contributed by atoms with Crippen molar-refractivity contribution < 1.29 is 23.8 Å². The van der Waals surface area contributed by atoms with Gasteiger partial charge in [-0.1, -0.05) is 30.3 Å². The number of aryl methyl sites for hydroxylation is 1. The maximum absolute atomic E-state index is 13.5. The van der Waals surface area contributed by atoms with Crippen LogP contribution in [-0.2, 0) is 11.8 Å². The minimum absolute atomic E-state index is 0.0367. The van der Waals surface area contributed by atoms with Crippen LogP contribution in [0.5, 0.6) is 17.2 Å². The summed E-state index contributed by atoms with van der Waals surface area (Å²) in [7, 11) is 3.20. The molecule has 184 valence electrons. The molecule has 37 heavy (non-hydrogen) atoms. The van der Waals surface area contributed by atoms with Crippen molar-refractivity contribution in [2.75, 3.05) is 7.11 Å². The molecule has 3 heterocycles. The molecule has 0 aliphatic carbocycles. The first-order chi connectivity index (χ1) is 17.9. The number of hydrogen-bond donors (Lipinski definition) is 1. The van der Waals surface area contributed by atoms with E-state index in [0.717, 1.165) is 5.39 Å². The van der Waals surface area contributed by atoms with Crippen LogP contribution >= 0.6 is 0 Å². The van der Waals surface area contributed by atoms with Gasteiger partial charge in [0, 0.05) is 36.2 Å². The number of nitrogens with zero attached hydrogens (tertiary/aromatic N) is 1. The van der Waals surface area contributed by atoms with Gasteiger partial charge in [-0.05, 0) is 29.1 Å². The van der Waals surface area contributed by atoms with Crippen LogP contribution in [0.4, 0.5) is 0 Å². The molecule has 0 unspecified atom stereocenters. The van der Waals surface area contributed by atoms with Crippen molar-refractivity contribution >= 4 is 27.8 Å². The van der Waals surface area contributed by atoms with Gasteiger partial charge in [-0.3, -0.25) is 14.4 Å². The minimum Gasteiger partial charge on any atom is -0.507 e. The third-order valence-corrected chi connectivity index (χ3v) is 6.89. The van der Waals surface area contributed by atoms with E-state index >= 15 is 0 Å². The van der Waals surface area contributed by atoms with Crippen molar-refractivity contribution in [1.82, 2.24) is 4.57 Å². The Balaban J connectivity index is 1.63. The molecule has 0 saturated heterocycles. The predicted octanol–water partition coefficient (Wildman–Crippen LogP) is 4.47. The fourth-order valence-electron chi connectivity index (χ4n) is 5.06. The van der Waals surface area contributed by atoms with Crippen LogP contribution in [0, 0.1) is 0 Å². The van der Waals surface area contributed by atoms with Crippen molar-refractivity contribution in [1.29, 1.82) is 0 Å². The number of ether oxygens (including phenoxy) is 2. The van der Waals surface area contributed by atoms with Gasteiger partial charge in [0.1, 0.15) is 34.5 Å². The van der Waals surface area contributed by atoms with Crippen LogP contribution in [0.15, 0.2) is 80.9 Å². The summed E-state index contributed by atoms with van der Waals surface area (Å²) in [6.07, 6.45) is 1.20. The van der Waals surface area contributed by atoms with Crippen LogP contribution in [0.2, 0.25) is 0 Å². The van der Waals surface area contributed by atoms with Crippen molar-refractivity contribution in [2.45, 2.75) is 12.3 Å². The Morgan fingerprint density at radius 3 is 2.57 bits per heavy atom. The molecule has 0 radical (unpaired) electrons. The van der Waals surface area contributed by atoms with Crippen LogP contribution in [0.3, 0.4) is 0 Å². The van der Waals surface area contributed by atoms with Crippen molar-refractivity contribution in [3.8, 4) is 28.4 Å². The van der Waals surface area contributed by atoms with Gasteiger partial charge in [0.15, 0.2) is 0 Å². The fourth-order valence-corrected chi connectivity index (χ4v) is 5.06. The minimum atomic E-state index is -0.754. The number of hydrogen-bond acceptors (Lipinski definition) is 7. The smallest absolute Gasteiger partial charge is 0.312 e. The maximum atomic E-state index is 13.5. The zero-order valence-electron chi connectivity index (χ0n) is 20.0. The maximum Gasteiger partial charge on any atom is 0.312 e. The summed E-state index contributed by atoms with van der Waals surface area (Å²) in [6, 6.07) is 17.3. The van der Waals surface area contributed by atoms with Crippen LogP contribution in [-0.4, -0.2) is 22.8 Å². The number of aromatic nitrogens is 1. The number of phenols is 1. The second kappa shape index (κ2) is 8.37. The van der Waals surface area contributed by atoms with E-state index < -0.39 is 17.3 Å². The second-order valence-corrected chi connectivity index (χ2v) is 8.98. The SMILES string of the molecule is COc1ccc2cc([C@@H]3CC(=O)Oc4cc(O)c5c(=O)c(-c6ccccc6)coc5c43)c(=O)n(C)c2c1. The number of fused-ring (bicyclic) bond motifs is 4. The standard InChI is InChI=1S/C29H21NO7/c1-30-21-11-17(35-2)9-8-16(21)10-19(29(30)34)18-12-24(32)37-23-13-22(31)26-27(33)20(14-36-28(26)25(18)23)15-6-4-3-5-7-15/h3-11,13-14,18,31H,12H2,1-2H3/t18-/m0/s1. The zero-order valence-corrected chi connectivity index (χ0v) is 20.0. The number of pyridine rings is 1. The Hall–Kier alpha value is -4.85. The van der Waals surface area contributed by atoms with Crippen LogP contribution in [0.25, 0.3) is 33.0 Å². The molecule has 1 N–H and O–H groups in total. The Morgan fingerprint density at radius 1 is 1.03 bits per heavy atom. The fraction of sp³-hybridized carbons (Fsp3) is 0.138. The first kappa shape index (κ1) is 22.6. The summed E-state index contributed by atoms with van der Waals surface area (Å²) in [4.78, 5) is 39.6. The summed E-state index contributed by atoms with van der Waals surface area (Å²) in [5.74, 6) is -1.02. The Labute approximate surface area is 209 Å². The number of benzene rings is 3. The van der Waals surface area contributed by atoms with Crippen LogP contribution < -0.4 is 20.5 Å². The van der Waals surface area contributed by atoms with Gasteiger partial charge in [0.2, 0.25) is 5.43 Å². The van der Waals surface area contributed by atoms with Crippen molar-refractivity contribution in [2.24, 2.45) is 7.05 Å². The Morgan fingerprint density at radius 2 is 1.81 bits per heavy atom. The van der Waals surface area contributed by atoms with Gasteiger partial charge in [-0.15, -0.1) is 0 Å². The molecule has 3 aromatic carbocycles. The molecule has 5 aromatic rings. The molecule has 1 aliphatic rings. The van der Waals surface area contributed by atoms with Gasteiger partial charge in [-0.2, -0.15) is 0 Å². The lowest BCUT2D eigenvalue weighted by Crippen LogP contribution is -2.29. The van der Waals surface area contributed by atoms with Gasteiger partial charge in [0.05, 0.1) is 24.6 Å². The number of aromatic hydroxyl groups is 1. The number of esters is 1. The second-order valence-electron chi connectivity index (χ2n) is 8.98. The molecule has 2 aromatic heterocycles. The first-order valence-corrected chi connectivity index (χ1v) is 11.6. The molecular formula is C29H21NO7. The summed E-state index contributed by atoms with van der Waals surface area (Å²) in [5, 5.41) is 11.5. The lowest BCUT2D eigenvalue weighted by molar-refractivity contribution is -0.135. The summed E-state index contributed by atoms with van der Waals surface area (Å²) in [5.41, 5.74) is 1.64. The largest absolute Gasteiger partial charge is 0.507 e. The van der Waals surface area contributed by atoms with Gasteiger partial charge >= 0.3 is 5.97 Å². The highest BCUT2D eigenvalue weighted by molar-refractivity contribution is 5.94. The van der Waals surface area contributed by atoms with E-state index in [2.05, 4.69) is 0 Å². The Kier molecular flexibility index (Phi) is 5.12. The van der Waals surface area contributed by atoms with E-state index in [1.165, 1.54) is 16.9 Å². The predicted molar refractivity (Wildman–Crippen MR) is 137 cm³/mol. The lowest BCUT2D eigenvalue weighted by atomic mass is 9.85. The summed E-state index contributed by atoms with van der Waals surface area (Å²) in [6.45, 7) is 0. The number of carbonyl (C=O) groups excluding carboxylic acids is 1. The number of methoxy groups -OCH3 is 1. The Bertz CT molecular complexity index is 1850. The third-order valence-electron chi connectivity index (χ3n) is 6.89. The van der Waals surface area contributed by atoms with E-state index in [4.69, 9.17) is 13.9 Å². The van der Waals surface area contributed by atoms with E-state index in [1.54, 1.807) is 56.6 Å². The number of rotatable bonds is 3. The van der Waals surface area contributed by atoms with Gasteiger partial charge in [-0.25, -0.2) is 0 Å². The van der Waals surface area contributed by atoms with Gasteiger partial charge in [0.25, 0.3) is 5.56 Å². The molecule has 0 fully saturated rings. The highest BCUT2D eigenvalue weighted by atomic mass is 16.5. The average Bonchev–Trinajstić information content (AvgIpc) is 2.90. The molecule has 6 rings (SSSR count). The van der Waals surface area contributed by atoms with Crippen molar-refractivity contribution in [3.05, 3.63) is 98.6 Å². The van der Waals surface area contributed by atoms with E-state index in [-0.39, 0.29) is 40.0 Å².